The van der Waals surface area contributed by atoms with Crippen LogP contribution in [0.25, 0.3) is 0 Å². The van der Waals surface area contributed by atoms with Gasteiger partial charge in [-0.3, -0.25) is 9.78 Å². The summed E-state index contributed by atoms with van der Waals surface area (Å²) in [5, 5.41) is 2.98. The lowest BCUT2D eigenvalue weighted by molar-refractivity contribution is 0.0950. The lowest BCUT2D eigenvalue weighted by Crippen LogP contribution is -2.35. The van der Waals surface area contributed by atoms with Crippen LogP contribution in [0.2, 0.25) is 0 Å². The van der Waals surface area contributed by atoms with Crippen LogP contribution in [0.3, 0.4) is 0 Å². The number of rotatable bonds is 6. The number of amides is 1. The topological polar surface area (TPSA) is 54.5 Å². The first kappa shape index (κ1) is 18.0. The molecule has 1 aromatic carbocycles. The fourth-order valence-electron chi connectivity index (χ4n) is 3.49. The van der Waals surface area contributed by atoms with Crippen molar-refractivity contribution >= 4 is 5.91 Å². The summed E-state index contributed by atoms with van der Waals surface area (Å²) >= 11 is 0. The third kappa shape index (κ3) is 4.86. The van der Waals surface area contributed by atoms with E-state index in [2.05, 4.69) is 22.2 Å². The Labute approximate surface area is 160 Å². The van der Waals surface area contributed by atoms with Crippen molar-refractivity contribution in [3.05, 3.63) is 59.4 Å². The summed E-state index contributed by atoms with van der Waals surface area (Å²) in [5.74, 6) is 1.43. The van der Waals surface area contributed by atoms with Gasteiger partial charge in [0, 0.05) is 32.0 Å². The number of ether oxygens (including phenoxy) is 1. The van der Waals surface area contributed by atoms with Crippen LogP contribution < -0.4 is 10.1 Å². The van der Waals surface area contributed by atoms with Gasteiger partial charge in [0.1, 0.15) is 11.9 Å². The van der Waals surface area contributed by atoms with E-state index in [-0.39, 0.29) is 5.91 Å². The highest BCUT2D eigenvalue weighted by molar-refractivity contribution is 5.94. The Morgan fingerprint density at radius 1 is 1.15 bits per heavy atom. The van der Waals surface area contributed by atoms with Crippen molar-refractivity contribution in [2.75, 3.05) is 20.1 Å². The summed E-state index contributed by atoms with van der Waals surface area (Å²) in [4.78, 5) is 18.9. The minimum Gasteiger partial charge on any atom is -0.490 e. The van der Waals surface area contributed by atoms with Crippen LogP contribution in [-0.4, -0.2) is 42.0 Å². The molecule has 142 valence electrons. The van der Waals surface area contributed by atoms with Gasteiger partial charge in [0.25, 0.3) is 5.91 Å². The first-order valence-corrected chi connectivity index (χ1v) is 9.84. The second-order valence-electron chi connectivity index (χ2n) is 7.73. The maximum atomic E-state index is 12.4. The minimum absolute atomic E-state index is 0.0725. The van der Waals surface area contributed by atoms with E-state index in [4.69, 9.17) is 4.74 Å². The van der Waals surface area contributed by atoms with Crippen LogP contribution in [0.1, 0.15) is 53.1 Å². The van der Waals surface area contributed by atoms with Crippen molar-refractivity contribution < 1.29 is 9.53 Å². The molecule has 1 saturated heterocycles. The molecule has 0 atom stereocenters. The van der Waals surface area contributed by atoms with E-state index in [1.165, 1.54) is 18.4 Å². The zero-order chi connectivity index (χ0) is 18.6. The Morgan fingerprint density at radius 3 is 2.59 bits per heavy atom. The van der Waals surface area contributed by atoms with Crippen LogP contribution in [0, 0.1) is 0 Å². The molecule has 2 fully saturated rings. The van der Waals surface area contributed by atoms with Crippen LogP contribution >= 0.6 is 0 Å². The van der Waals surface area contributed by atoms with E-state index < -0.39 is 0 Å². The second kappa shape index (κ2) is 8.09. The SMILES string of the molecule is CN1CCC(Oc2ccc(CNC(=O)c3cncc(C4CC4)c3)cc2)CC1. The van der Waals surface area contributed by atoms with Gasteiger partial charge in [-0.15, -0.1) is 0 Å². The predicted octanol–water partition coefficient (Wildman–Crippen LogP) is 3.36. The van der Waals surface area contributed by atoms with E-state index in [1.807, 2.05) is 36.5 Å². The molecule has 5 nitrogen and oxygen atoms in total. The molecule has 2 aromatic rings. The minimum atomic E-state index is -0.0725. The van der Waals surface area contributed by atoms with E-state index >= 15 is 0 Å². The van der Waals surface area contributed by atoms with Crippen molar-refractivity contribution in [1.29, 1.82) is 0 Å². The molecule has 1 saturated carbocycles. The molecular formula is C22H27N3O2. The van der Waals surface area contributed by atoms with Crippen LogP contribution in [-0.2, 0) is 6.54 Å². The van der Waals surface area contributed by atoms with Crippen LogP contribution in [0.5, 0.6) is 5.75 Å². The summed E-state index contributed by atoms with van der Waals surface area (Å²) in [6.07, 6.45) is 8.37. The molecule has 2 heterocycles. The summed E-state index contributed by atoms with van der Waals surface area (Å²) in [6.45, 7) is 2.68. The number of carbonyl (C=O) groups is 1. The van der Waals surface area contributed by atoms with Crippen molar-refractivity contribution in [2.45, 2.75) is 44.2 Å². The Kier molecular flexibility index (Phi) is 5.39. The van der Waals surface area contributed by atoms with E-state index in [9.17, 15) is 4.79 Å². The lowest BCUT2D eigenvalue weighted by atomic mass is 10.1. The number of nitrogens with zero attached hydrogens (tertiary/aromatic N) is 2. The standard InChI is InChI=1S/C22H27N3O2/c1-25-10-8-21(9-11-25)27-20-6-2-16(3-7-20)13-24-22(26)19-12-18(14-23-15-19)17-4-5-17/h2-3,6-7,12,14-15,17,21H,4-5,8-11,13H2,1H3,(H,24,26). The van der Waals surface area contributed by atoms with Gasteiger partial charge >= 0.3 is 0 Å². The Balaban J connectivity index is 1.28. The molecule has 0 radical (unpaired) electrons. The number of hydrogen-bond donors (Lipinski definition) is 1. The number of likely N-dealkylation sites (tertiary alicyclic amines) is 1. The number of pyridine rings is 1. The largest absolute Gasteiger partial charge is 0.490 e. The van der Waals surface area contributed by atoms with Gasteiger partial charge < -0.3 is 15.0 Å². The quantitative estimate of drug-likeness (QED) is 0.853. The van der Waals surface area contributed by atoms with Gasteiger partial charge in [0.2, 0.25) is 0 Å². The van der Waals surface area contributed by atoms with Crippen LogP contribution in [0.15, 0.2) is 42.7 Å². The molecule has 1 amide bonds. The molecule has 1 N–H and O–H groups in total. The molecule has 1 aromatic heterocycles. The third-order valence-corrected chi connectivity index (χ3v) is 5.42. The lowest BCUT2D eigenvalue weighted by Gasteiger charge is -2.29. The van der Waals surface area contributed by atoms with E-state index in [0.29, 0.717) is 24.1 Å². The number of hydrogen-bond acceptors (Lipinski definition) is 4. The Bertz CT molecular complexity index is 778. The molecule has 1 aliphatic carbocycles. The highest BCUT2D eigenvalue weighted by Gasteiger charge is 2.24. The smallest absolute Gasteiger partial charge is 0.253 e. The molecule has 27 heavy (non-hydrogen) atoms. The summed E-state index contributed by atoms with van der Waals surface area (Å²) in [6, 6.07) is 10.00. The average Bonchev–Trinajstić information content (AvgIpc) is 3.54. The van der Waals surface area contributed by atoms with Gasteiger partial charge in [0.15, 0.2) is 0 Å². The van der Waals surface area contributed by atoms with Gasteiger partial charge in [-0.2, -0.15) is 0 Å². The fraction of sp³-hybridized carbons (Fsp3) is 0.455. The number of carbonyl (C=O) groups excluding carboxylic acids is 1. The monoisotopic (exact) mass is 365 g/mol. The molecule has 2 aliphatic rings. The normalized spacial score (nSPS) is 18.3. The van der Waals surface area contributed by atoms with E-state index in [1.54, 1.807) is 6.20 Å². The first-order valence-electron chi connectivity index (χ1n) is 9.84. The zero-order valence-electron chi connectivity index (χ0n) is 15.9. The van der Waals surface area contributed by atoms with Crippen molar-refractivity contribution in [3.63, 3.8) is 0 Å². The van der Waals surface area contributed by atoms with Gasteiger partial charge in [-0.1, -0.05) is 12.1 Å². The summed E-state index contributed by atoms with van der Waals surface area (Å²) < 4.78 is 6.07. The number of benzene rings is 1. The Morgan fingerprint density at radius 2 is 1.89 bits per heavy atom. The maximum absolute atomic E-state index is 12.4. The summed E-state index contributed by atoms with van der Waals surface area (Å²) in [7, 11) is 2.15. The summed E-state index contributed by atoms with van der Waals surface area (Å²) in [5.41, 5.74) is 2.88. The van der Waals surface area contributed by atoms with Crippen LogP contribution in [0.4, 0.5) is 0 Å². The zero-order valence-corrected chi connectivity index (χ0v) is 15.9. The Hall–Kier alpha value is -2.40. The molecular weight excluding hydrogens is 338 g/mol. The van der Waals surface area contributed by atoms with Gasteiger partial charge in [-0.05, 0) is 68.0 Å². The molecule has 0 unspecified atom stereocenters. The molecule has 1 aliphatic heterocycles. The highest BCUT2D eigenvalue weighted by atomic mass is 16.5. The third-order valence-electron chi connectivity index (χ3n) is 5.42. The van der Waals surface area contributed by atoms with Crippen molar-refractivity contribution in [2.24, 2.45) is 0 Å². The van der Waals surface area contributed by atoms with Crippen molar-refractivity contribution in [3.8, 4) is 5.75 Å². The second-order valence-corrected chi connectivity index (χ2v) is 7.73. The number of nitrogens with one attached hydrogen (secondary N) is 1. The van der Waals surface area contributed by atoms with E-state index in [0.717, 1.165) is 37.2 Å². The maximum Gasteiger partial charge on any atom is 0.253 e. The van der Waals surface area contributed by atoms with Gasteiger partial charge in [-0.25, -0.2) is 0 Å². The highest BCUT2D eigenvalue weighted by Crippen LogP contribution is 2.39. The van der Waals surface area contributed by atoms with Crippen molar-refractivity contribution in [1.82, 2.24) is 15.2 Å². The predicted molar refractivity (Wildman–Crippen MR) is 105 cm³/mol. The number of piperidine rings is 1. The van der Waals surface area contributed by atoms with Gasteiger partial charge in [0.05, 0.1) is 5.56 Å². The first-order chi connectivity index (χ1) is 13.2. The molecule has 4 rings (SSSR count). The molecule has 0 bridgehead atoms. The average molecular weight is 365 g/mol. The fourth-order valence-corrected chi connectivity index (χ4v) is 3.49. The number of aromatic nitrogens is 1. The molecule has 5 heteroatoms. The molecule has 0 spiro atoms.